The molecule has 0 unspecified atom stereocenters. The molecule has 2 heterocycles. The van der Waals surface area contributed by atoms with Crippen molar-refractivity contribution >= 4 is 80.4 Å². The fourth-order valence-corrected chi connectivity index (χ4v) is 6.35. The number of hydrogen-bond donors (Lipinski definition) is 2. The number of aryl methyl sites for hydroxylation is 1. The number of aromatic nitrogens is 3. The fourth-order valence-electron chi connectivity index (χ4n) is 3.76. The first kappa shape index (κ1) is 45.5. The van der Waals surface area contributed by atoms with Crippen molar-refractivity contribution in [2.75, 3.05) is 10.5 Å². The van der Waals surface area contributed by atoms with E-state index >= 15 is 0 Å². The molecular formula is C23H20N7Na3O12S4. The van der Waals surface area contributed by atoms with E-state index in [2.05, 4.69) is 33.5 Å². The molecule has 2 aromatic heterocycles. The standard InChI is InChI=1S/C23H23N7O12S4.3Na/c1-12(4-5-13(2)43(31,32)29-15-8-17(45(36,37)38)10-18(9-15)46(39,40)41)30-22(24)21(14(3)28-30)26-27-23-25-19-7-6-16(44(33,34)35)11-20(19)42-23;;;/h6-11,29H,1-2,4-5,24H2,3H3,(H,33,34,35)(H,36,37,38)(H,39,40,41);;;/q;3*+1/p-3. The van der Waals surface area contributed by atoms with Crippen LogP contribution in [0.1, 0.15) is 18.5 Å². The minimum absolute atomic E-state index is 0. The number of nitrogen functional groups attached to an aromatic ring is 1. The summed E-state index contributed by atoms with van der Waals surface area (Å²) in [6, 6.07) is 4.37. The number of fused-ring (bicyclic) bond motifs is 1. The molecular weight excluding hydrogens is 764 g/mol. The third-order valence-corrected chi connectivity index (χ3v) is 9.94. The first-order valence-corrected chi connectivity index (χ1v) is 17.9. The molecule has 0 aliphatic carbocycles. The summed E-state index contributed by atoms with van der Waals surface area (Å²) < 4.78 is 136. The number of azo groups is 1. The quantitative estimate of drug-likeness (QED) is 0.0766. The van der Waals surface area contributed by atoms with Gasteiger partial charge in [0, 0.05) is 11.8 Å². The molecule has 0 atom stereocenters. The Balaban J connectivity index is 0.00000400. The summed E-state index contributed by atoms with van der Waals surface area (Å²) in [6.45, 7) is 8.80. The normalized spacial score (nSPS) is 12.2. The van der Waals surface area contributed by atoms with Crippen LogP contribution in [-0.2, 0) is 40.4 Å². The number of nitrogens with zero attached hydrogens (tertiary/aromatic N) is 5. The van der Waals surface area contributed by atoms with Gasteiger partial charge in [0.05, 0.1) is 31.0 Å². The molecule has 3 N–H and O–H groups in total. The molecule has 0 aliphatic heterocycles. The van der Waals surface area contributed by atoms with Gasteiger partial charge in [-0.05, 0) is 50.1 Å². The number of benzene rings is 2. The van der Waals surface area contributed by atoms with Crippen LogP contribution in [0.15, 0.2) is 83.8 Å². The van der Waals surface area contributed by atoms with Gasteiger partial charge in [0.25, 0.3) is 10.0 Å². The zero-order valence-electron chi connectivity index (χ0n) is 26.1. The van der Waals surface area contributed by atoms with Gasteiger partial charge in [-0.3, -0.25) is 4.72 Å². The third-order valence-electron chi connectivity index (χ3n) is 6.02. The predicted octanol–water partition coefficient (Wildman–Crippen LogP) is -6.74. The van der Waals surface area contributed by atoms with Gasteiger partial charge >= 0.3 is 94.7 Å². The van der Waals surface area contributed by atoms with E-state index in [4.69, 9.17) is 10.2 Å². The SMILES string of the molecule is C=C(CCC(=C)S(=O)(=O)Nc1cc(S(=O)(=O)[O-])cc(S(=O)(=O)[O-])c1)n1nc(C)c(N=Nc2nc3ccc(S(=O)(=O)[O-])cc3o2)c1N.[Na+].[Na+].[Na+]. The van der Waals surface area contributed by atoms with E-state index < -0.39 is 65.7 Å². The summed E-state index contributed by atoms with van der Waals surface area (Å²) in [6.07, 6.45) is -0.424. The molecule has 0 saturated heterocycles. The maximum atomic E-state index is 12.8. The average Bonchev–Trinajstić information content (AvgIpc) is 3.47. The molecule has 0 radical (unpaired) electrons. The number of hydrogen-bond acceptors (Lipinski definition) is 17. The molecule has 0 amide bonds. The Morgan fingerprint density at radius 1 is 0.857 bits per heavy atom. The van der Waals surface area contributed by atoms with Crippen molar-refractivity contribution in [3.63, 3.8) is 0 Å². The molecule has 49 heavy (non-hydrogen) atoms. The van der Waals surface area contributed by atoms with Crippen LogP contribution in [0.5, 0.6) is 0 Å². The van der Waals surface area contributed by atoms with Crippen molar-refractivity contribution in [3.8, 4) is 0 Å². The average molecular weight is 784 g/mol. The Bertz CT molecular complexity index is 2360. The molecule has 0 fully saturated rings. The largest absolute Gasteiger partial charge is 1.00 e. The molecule has 0 bridgehead atoms. The van der Waals surface area contributed by atoms with Gasteiger partial charge in [0.15, 0.2) is 17.1 Å². The van der Waals surface area contributed by atoms with Crippen molar-refractivity contribution in [1.82, 2.24) is 14.8 Å². The van der Waals surface area contributed by atoms with Gasteiger partial charge in [0.1, 0.15) is 35.9 Å². The van der Waals surface area contributed by atoms with Gasteiger partial charge in [0.2, 0.25) is 0 Å². The zero-order chi connectivity index (χ0) is 34.4. The topological polar surface area (TPSA) is 312 Å². The van der Waals surface area contributed by atoms with Crippen molar-refractivity contribution in [2.45, 2.75) is 34.5 Å². The fraction of sp³-hybridized carbons (Fsp3) is 0.130. The molecule has 246 valence electrons. The molecule has 0 saturated carbocycles. The molecule has 2 aromatic carbocycles. The number of nitrogens with two attached hydrogens (primary N) is 1. The van der Waals surface area contributed by atoms with Crippen LogP contribution >= 0.6 is 0 Å². The van der Waals surface area contributed by atoms with E-state index in [-0.39, 0.29) is 142 Å². The number of allylic oxidation sites excluding steroid dienone is 2. The van der Waals surface area contributed by atoms with E-state index in [0.717, 1.165) is 16.8 Å². The first-order chi connectivity index (χ1) is 21.1. The smallest absolute Gasteiger partial charge is 0.744 e. The van der Waals surface area contributed by atoms with E-state index in [9.17, 15) is 47.3 Å². The van der Waals surface area contributed by atoms with Gasteiger partial charge in [-0.15, -0.1) is 5.11 Å². The summed E-state index contributed by atoms with van der Waals surface area (Å²) in [5.41, 5.74) is 6.06. The van der Waals surface area contributed by atoms with Crippen LogP contribution in [0.4, 0.5) is 23.2 Å². The van der Waals surface area contributed by atoms with Crippen LogP contribution in [0.25, 0.3) is 16.8 Å². The van der Waals surface area contributed by atoms with Gasteiger partial charge in [-0.2, -0.15) is 10.1 Å². The van der Waals surface area contributed by atoms with Crippen LogP contribution in [0.3, 0.4) is 0 Å². The Labute approximate surface area is 346 Å². The summed E-state index contributed by atoms with van der Waals surface area (Å²) in [5, 5.41) is 12.0. The number of rotatable bonds is 12. The molecule has 4 rings (SSSR count). The molecule has 19 nitrogen and oxygen atoms in total. The summed E-state index contributed by atoms with van der Waals surface area (Å²) in [5.74, 6) is -0.0734. The van der Waals surface area contributed by atoms with Gasteiger partial charge in [-0.1, -0.05) is 18.3 Å². The van der Waals surface area contributed by atoms with Crippen molar-refractivity contribution in [2.24, 2.45) is 10.2 Å². The molecule has 0 spiro atoms. The molecule has 0 aliphatic rings. The van der Waals surface area contributed by atoms with Crippen LogP contribution < -0.4 is 99.1 Å². The number of sulfonamides is 1. The number of oxazole rings is 1. The van der Waals surface area contributed by atoms with Gasteiger partial charge < -0.3 is 23.8 Å². The van der Waals surface area contributed by atoms with Crippen LogP contribution in [0.2, 0.25) is 0 Å². The molecule has 4 aromatic rings. The summed E-state index contributed by atoms with van der Waals surface area (Å²) in [7, 11) is -19.8. The van der Waals surface area contributed by atoms with Crippen molar-refractivity contribution in [1.29, 1.82) is 0 Å². The minimum Gasteiger partial charge on any atom is -0.744 e. The third kappa shape index (κ3) is 11.2. The van der Waals surface area contributed by atoms with Crippen molar-refractivity contribution in [3.05, 3.63) is 60.2 Å². The second-order valence-electron chi connectivity index (χ2n) is 9.32. The van der Waals surface area contributed by atoms with E-state index in [0.29, 0.717) is 18.2 Å². The van der Waals surface area contributed by atoms with Crippen molar-refractivity contribution < 1.29 is 140 Å². The second kappa shape index (κ2) is 16.9. The Hall–Kier alpha value is -1.52. The number of nitrogens with one attached hydrogen (secondary N) is 1. The van der Waals surface area contributed by atoms with Crippen LogP contribution in [0, 0.1) is 6.92 Å². The van der Waals surface area contributed by atoms with Crippen LogP contribution in [-0.4, -0.2) is 62.1 Å². The Kier molecular flexibility index (Phi) is 15.7. The predicted molar refractivity (Wildman–Crippen MR) is 156 cm³/mol. The zero-order valence-corrected chi connectivity index (χ0v) is 35.4. The van der Waals surface area contributed by atoms with E-state index in [1.807, 2.05) is 4.72 Å². The van der Waals surface area contributed by atoms with E-state index in [1.165, 1.54) is 13.0 Å². The minimum atomic E-state index is -5.27. The maximum absolute atomic E-state index is 12.8. The summed E-state index contributed by atoms with van der Waals surface area (Å²) >= 11 is 0. The maximum Gasteiger partial charge on any atom is 1.00 e. The van der Waals surface area contributed by atoms with E-state index in [1.54, 1.807) is 0 Å². The number of anilines is 2. The molecule has 26 heteroatoms. The summed E-state index contributed by atoms with van der Waals surface area (Å²) in [4.78, 5) is 0.693. The Morgan fingerprint density at radius 3 is 1.94 bits per heavy atom. The first-order valence-electron chi connectivity index (χ1n) is 12.2. The Morgan fingerprint density at radius 2 is 1.41 bits per heavy atom. The van der Waals surface area contributed by atoms with Gasteiger partial charge in [-0.25, -0.2) is 38.4 Å². The monoisotopic (exact) mass is 783 g/mol. The second-order valence-corrected chi connectivity index (χ2v) is 15.3.